The highest BCUT2D eigenvalue weighted by Gasteiger charge is 2.29. The molecule has 0 radical (unpaired) electrons. The molecule has 4 heterocycles. The molecule has 2 aliphatic heterocycles. The van der Waals surface area contributed by atoms with Gasteiger partial charge in [0.1, 0.15) is 11.6 Å². The van der Waals surface area contributed by atoms with Gasteiger partial charge in [-0.05, 0) is 62.1 Å². The number of hydrogen-bond donors (Lipinski definition) is 1. The summed E-state index contributed by atoms with van der Waals surface area (Å²) < 4.78 is 52.5. The lowest BCUT2D eigenvalue weighted by molar-refractivity contribution is 0.00819. The highest BCUT2D eigenvalue weighted by molar-refractivity contribution is 8.00. The van der Waals surface area contributed by atoms with Crippen LogP contribution in [0.4, 0.5) is 22.7 Å². The molecular formula is C23H26F4N4OS2. The van der Waals surface area contributed by atoms with Gasteiger partial charge in [-0.3, -0.25) is 9.88 Å². The second-order valence-electron chi connectivity index (χ2n) is 7.38. The number of fused-ring (bicyclic) bond motifs is 1. The summed E-state index contributed by atoms with van der Waals surface area (Å²) in [7, 11) is 0. The number of aromatic nitrogens is 2. The van der Waals surface area contributed by atoms with E-state index < -0.39 is 6.68 Å². The number of ether oxygens (including phenoxy) is 1. The van der Waals surface area contributed by atoms with Crippen LogP contribution in [-0.4, -0.2) is 41.2 Å². The standard InChI is InChI=1S/C17H20FN3OS2.C5H5N.CHF3/c18-13-10-12-14(21-6-2-1-3-7-21)4-8-22-15(12)11-16(13)24-20-17-19-5-9-23-17;1-2-4-6-5-3-1;2-1(3)4/h5,9-11,14H,1-4,6-8H2,(H,19,20);1-5H;1H. The van der Waals surface area contributed by atoms with Crippen LogP contribution in [0.25, 0.3) is 0 Å². The predicted molar refractivity (Wildman–Crippen MR) is 128 cm³/mol. The number of piperidine rings is 1. The van der Waals surface area contributed by atoms with Crippen molar-refractivity contribution in [3.05, 3.63) is 65.7 Å². The molecule has 0 aliphatic carbocycles. The molecule has 1 unspecified atom stereocenters. The summed E-state index contributed by atoms with van der Waals surface area (Å²) in [6.45, 7) is -0.758. The number of anilines is 1. The van der Waals surface area contributed by atoms with Gasteiger partial charge in [0.25, 0.3) is 0 Å². The van der Waals surface area contributed by atoms with Gasteiger partial charge in [-0.25, -0.2) is 9.37 Å². The lowest BCUT2D eigenvalue weighted by Gasteiger charge is -2.38. The first-order chi connectivity index (χ1) is 16.5. The molecule has 1 atom stereocenters. The Labute approximate surface area is 204 Å². The Bertz CT molecular complexity index is 932. The predicted octanol–water partition coefficient (Wildman–Crippen LogP) is 6.97. The van der Waals surface area contributed by atoms with E-state index in [1.165, 1.54) is 42.5 Å². The maximum absolute atomic E-state index is 14.6. The third-order valence-corrected chi connectivity index (χ3v) is 6.80. The first-order valence-corrected chi connectivity index (χ1v) is 12.5. The summed E-state index contributed by atoms with van der Waals surface area (Å²) >= 11 is 2.74. The van der Waals surface area contributed by atoms with Crippen LogP contribution in [0.5, 0.6) is 5.75 Å². The van der Waals surface area contributed by atoms with Gasteiger partial charge in [0.05, 0.1) is 11.5 Å². The van der Waals surface area contributed by atoms with Crippen LogP contribution < -0.4 is 9.46 Å². The SMILES string of the molecule is FC(F)F.Fc1cc2c(cc1SNc1nccs1)OCCC2N1CCCCC1.c1ccncc1. The second-order valence-corrected chi connectivity index (χ2v) is 9.13. The smallest absolute Gasteiger partial charge is 0.379 e. The maximum atomic E-state index is 14.6. The Morgan fingerprint density at radius 2 is 1.79 bits per heavy atom. The largest absolute Gasteiger partial charge is 0.493 e. The highest BCUT2D eigenvalue weighted by atomic mass is 32.2. The number of hydrogen-bond acceptors (Lipinski definition) is 7. The molecule has 0 saturated carbocycles. The fourth-order valence-electron chi connectivity index (χ4n) is 3.74. The molecule has 1 fully saturated rings. The minimum absolute atomic E-state index is 0.199. The van der Waals surface area contributed by atoms with Gasteiger partial charge in [-0.1, -0.05) is 12.5 Å². The van der Waals surface area contributed by atoms with E-state index in [1.54, 1.807) is 24.7 Å². The van der Waals surface area contributed by atoms with Gasteiger partial charge in [0.2, 0.25) is 0 Å². The van der Waals surface area contributed by atoms with Crippen LogP contribution in [0.15, 0.2) is 59.2 Å². The Hall–Kier alpha value is -2.37. The molecule has 1 saturated heterocycles. The molecule has 1 N–H and O–H groups in total. The number of likely N-dealkylation sites (tertiary alicyclic amines) is 1. The van der Waals surface area contributed by atoms with E-state index in [0.717, 1.165) is 36.0 Å². The summed E-state index contributed by atoms with van der Waals surface area (Å²) in [5.74, 6) is 0.622. The topological polar surface area (TPSA) is 50.3 Å². The molecule has 0 amide bonds. The van der Waals surface area contributed by atoms with Crippen LogP contribution in [0.2, 0.25) is 0 Å². The molecule has 5 nitrogen and oxygen atoms in total. The average molecular weight is 515 g/mol. The van der Waals surface area contributed by atoms with Crippen molar-refractivity contribution < 1.29 is 22.3 Å². The van der Waals surface area contributed by atoms with Crippen molar-refractivity contribution in [1.29, 1.82) is 0 Å². The molecule has 2 aromatic heterocycles. The lowest BCUT2D eigenvalue weighted by Crippen LogP contribution is -2.36. The van der Waals surface area contributed by atoms with Crippen LogP contribution >= 0.6 is 23.3 Å². The molecule has 11 heteroatoms. The number of pyridine rings is 1. The minimum atomic E-state index is -3.67. The van der Waals surface area contributed by atoms with Gasteiger partial charge >= 0.3 is 6.68 Å². The van der Waals surface area contributed by atoms with Crippen molar-refractivity contribution in [3.8, 4) is 5.75 Å². The second kappa shape index (κ2) is 14.1. The van der Waals surface area contributed by atoms with E-state index in [2.05, 4.69) is 19.6 Å². The summed E-state index contributed by atoms with van der Waals surface area (Å²) in [5, 5.41) is 2.66. The Balaban J connectivity index is 0.000000271. The van der Waals surface area contributed by atoms with Crippen molar-refractivity contribution in [2.45, 2.75) is 43.3 Å². The molecular weight excluding hydrogens is 488 g/mol. The quantitative estimate of drug-likeness (QED) is 0.300. The summed E-state index contributed by atoms with van der Waals surface area (Å²) in [6.07, 6.45) is 9.94. The van der Waals surface area contributed by atoms with Crippen molar-refractivity contribution in [2.75, 3.05) is 24.4 Å². The van der Waals surface area contributed by atoms with Gasteiger partial charge in [-0.15, -0.1) is 11.3 Å². The van der Waals surface area contributed by atoms with E-state index in [0.29, 0.717) is 11.5 Å². The number of halogens is 4. The van der Waals surface area contributed by atoms with E-state index in [4.69, 9.17) is 4.74 Å². The normalized spacial score (nSPS) is 17.4. The number of nitrogens with zero attached hydrogens (tertiary/aromatic N) is 3. The van der Waals surface area contributed by atoms with Crippen LogP contribution in [0, 0.1) is 5.82 Å². The van der Waals surface area contributed by atoms with E-state index in [9.17, 15) is 17.6 Å². The molecule has 5 rings (SSSR count). The lowest BCUT2D eigenvalue weighted by atomic mass is 9.96. The Morgan fingerprint density at radius 1 is 1.06 bits per heavy atom. The number of rotatable bonds is 4. The van der Waals surface area contributed by atoms with E-state index in [-0.39, 0.29) is 11.9 Å². The first kappa shape index (κ1) is 26.2. The Morgan fingerprint density at radius 3 is 2.38 bits per heavy atom. The zero-order chi connectivity index (χ0) is 24.2. The van der Waals surface area contributed by atoms with E-state index in [1.807, 2.05) is 29.6 Å². The maximum Gasteiger partial charge on any atom is 0.379 e. The highest BCUT2D eigenvalue weighted by Crippen LogP contribution is 2.40. The Kier molecular flexibility index (Phi) is 10.9. The van der Waals surface area contributed by atoms with Gasteiger partial charge in [0, 0.05) is 42.0 Å². The fourth-order valence-corrected chi connectivity index (χ4v) is 5.01. The van der Waals surface area contributed by atoms with Crippen LogP contribution in [0.3, 0.4) is 0 Å². The van der Waals surface area contributed by atoms with E-state index >= 15 is 0 Å². The first-order valence-electron chi connectivity index (χ1n) is 10.8. The fraction of sp³-hybridized carbons (Fsp3) is 0.391. The average Bonchev–Trinajstić information content (AvgIpc) is 3.38. The molecule has 3 aromatic rings. The monoisotopic (exact) mass is 514 g/mol. The molecule has 1 aromatic carbocycles. The molecule has 0 spiro atoms. The van der Waals surface area contributed by atoms with Gasteiger partial charge < -0.3 is 9.46 Å². The van der Waals surface area contributed by atoms with Crippen molar-refractivity contribution in [2.24, 2.45) is 0 Å². The molecule has 2 aliphatic rings. The number of alkyl halides is 3. The van der Waals surface area contributed by atoms with Gasteiger partial charge in [0.15, 0.2) is 5.13 Å². The zero-order valence-corrected chi connectivity index (χ0v) is 20.0. The summed E-state index contributed by atoms with van der Waals surface area (Å²) in [4.78, 5) is 11.0. The van der Waals surface area contributed by atoms with Crippen LogP contribution in [-0.2, 0) is 0 Å². The number of nitrogens with one attached hydrogen (secondary N) is 1. The van der Waals surface area contributed by atoms with Crippen LogP contribution in [0.1, 0.15) is 37.3 Å². The summed E-state index contributed by atoms with van der Waals surface area (Å²) in [6, 6.07) is 9.49. The number of benzene rings is 1. The third-order valence-electron chi connectivity index (χ3n) is 5.15. The zero-order valence-electron chi connectivity index (χ0n) is 18.4. The summed E-state index contributed by atoms with van der Waals surface area (Å²) in [5.41, 5.74) is 0.999. The minimum Gasteiger partial charge on any atom is -0.493 e. The van der Waals surface area contributed by atoms with Gasteiger partial charge in [-0.2, -0.15) is 13.2 Å². The third kappa shape index (κ3) is 8.44. The van der Waals surface area contributed by atoms with Crippen molar-refractivity contribution in [3.63, 3.8) is 0 Å². The molecule has 34 heavy (non-hydrogen) atoms. The molecule has 184 valence electrons. The number of thiazole rings is 1. The molecule has 0 bridgehead atoms. The van der Waals surface area contributed by atoms with Crippen molar-refractivity contribution in [1.82, 2.24) is 14.9 Å². The van der Waals surface area contributed by atoms with Crippen molar-refractivity contribution >= 4 is 28.4 Å².